The van der Waals surface area contributed by atoms with E-state index < -0.39 is 5.41 Å². The molecule has 0 aliphatic carbocycles. The van der Waals surface area contributed by atoms with E-state index in [-0.39, 0.29) is 21.1 Å². The number of hydrogen-bond donors (Lipinski definition) is 0. The zero-order valence-electron chi connectivity index (χ0n) is 16.7. The molecule has 0 atom stereocenters. The van der Waals surface area contributed by atoms with Gasteiger partial charge in [0.15, 0.2) is 5.82 Å². The summed E-state index contributed by atoms with van der Waals surface area (Å²) in [5.41, 5.74) is 4.94. The third kappa shape index (κ3) is 4.20. The summed E-state index contributed by atoms with van der Waals surface area (Å²) in [5.74, 6) is 0.706. The first-order valence-corrected chi connectivity index (χ1v) is 9.18. The fourth-order valence-corrected chi connectivity index (χ4v) is 3.12. The van der Waals surface area contributed by atoms with Gasteiger partial charge in [0.05, 0.1) is 5.41 Å². The van der Waals surface area contributed by atoms with E-state index in [1.54, 1.807) is 11.0 Å². The Morgan fingerprint density at radius 2 is 1.79 bits per heavy atom. The van der Waals surface area contributed by atoms with Crippen LogP contribution in [0.1, 0.15) is 36.8 Å². The van der Waals surface area contributed by atoms with Crippen molar-refractivity contribution in [3.05, 3.63) is 89.9 Å². The fraction of sp³-hybridized carbons (Fsp3) is 0.217. The number of hydrogen-bond acceptors (Lipinski definition) is 4. The zero-order chi connectivity index (χ0) is 19.7. The standard InChI is InChI=1S/C23H21N5.Pt/c1-16-13-14-19(17(2)25-16)20-11-8-12-21(26-20)23(3,4)22-24-15-28(27-22)18-9-6-5-7-10-18;/h5-9,11-13,15H,1-4H3;/q-2;+2. The maximum atomic E-state index is 4.90. The molecule has 0 N–H and O–H groups in total. The number of aromatic nitrogens is 5. The van der Waals surface area contributed by atoms with E-state index in [0.717, 1.165) is 34.0 Å². The molecule has 0 aliphatic heterocycles. The van der Waals surface area contributed by atoms with Crippen LogP contribution >= 0.6 is 0 Å². The van der Waals surface area contributed by atoms with Crippen molar-refractivity contribution in [3.8, 4) is 16.9 Å². The first-order chi connectivity index (χ1) is 13.4. The van der Waals surface area contributed by atoms with E-state index in [1.807, 2.05) is 62.4 Å². The molecule has 5 nitrogen and oxygen atoms in total. The molecule has 1 aromatic carbocycles. The van der Waals surface area contributed by atoms with E-state index in [4.69, 9.17) is 4.98 Å². The van der Waals surface area contributed by atoms with Gasteiger partial charge in [-0.2, -0.15) is 29.4 Å². The molecule has 0 saturated heterocycles. The molecular weight excluding hydrogens is 541 g/mol. The van der Waals surface area contributed by atoms with Crippen molar-refractivity contribution >= 4 is 0 Å². The molecule has 0 amide bonds. The number of aryl methyl sites for hydroxylation is 2. The van der Waals surface area contributed by atoms with E-state index >= 15 is 0 Å². The number of pyridine rings is 2. The maximum Gasteiger partial charge on any atom is 2.00 e. The van der Waals surface area contributed by atoms with Crippen LogP contribution in [0.5, 0.6) is 0 Å². The van der Waals surface area contributed by atoms with Gasteiger partial charge in [-0.05, 0) is 42.7 Å². The van der Waals surface area contributed by atoms with Crippen LogP contribution in [0.4, 0.5) is 0 Å². The van der Waals surface area contributed by atoms with Crippen LogP contribution in [0.3, 0.4) is 0 Å². The number of benzene rings is 1. The summed E-state index contributed by atoms with van der Waals surface area (Å²) in [6, 6.07) is 22.1. The molecule has 0 fully saturated rings. The predicted octanol–water partition coefficient (Wildman–Crippen LogP) is 4.26. The topological polar surface area (TPSA) is 56.5 Å². The number of para-hydroxylation sites is 1. The molecule has 3 aromatic heterocycles. The van der Waals surface area contributed by atoms with Gasteiger partial charge < -0.3 is 9.97 Å². The van der Waals surface area contributed by atoms with Gasteiger partial charge in [-0.15, -0.1) is 23.8 Å². The van der Waals surface area contributed by atoms with Gasteiger partial charge in [-0.25, -0.2) is 9.67 Å². The first-order valence-electron chi connectivity index (χ1n) is 9.18. The minimum atomic E-state index is -0.456. The van der Waals surface area contributed by atoms with E-state index in [9.17, 15) is 0 Å². The minimum Gasteiger partial charge on any atom is -0.354 e. The molecule has 29 heavy (non-hydrogen) atoms. The van der Waals surface area contributed by atoms with Crippen molar-refractivity contribution in [1.29, 1.82) is 0 Å². The van der Waals surface area contributed by atoms with Crippen LogP contribution < -0.4 is 0 Å². The minimum absolute atomic E-state index is 0. The van der Waals surface area contributed by atoms with Gasteiger partial charge in [-0.3, -0.25) is 0 Å². The van der Waals surface area contributed by atoms with Crippen LogP contribution in [-0.4, -0.2) is 24.7 Å². The van der Waals surface area contributed by atoms with E-state index in [2.05, 4.69) is 41.0 Å². The summed E-state index contributed by atoms with van der Waals surface area (Å²) in [5, 5.41) is 4.67. The molecule has 148 valence electrons. The van der Waals surface area contributed by atoms with Crippen LogP contribution in [0, 0.1) is 26.0 Å². The van der Waals surface area contributed by atoms with Gasteiger partial charge >= 0.3 is 21.1 Å². The summed E-state index contributed by atoms with van der Waals surface area (Å²) in [4.78, 5) is 14.0. The first kappa shape index (κ1) is 21.1. The van der Waals surface area contributed by atoms with Gasteiger partial charge in [-0.1, -0.05) is 26.0 Å². The van der Waals surface area contributed by atoms with Crippen LogP contribution in [0.15, 0.2) is 54.9 Å². The van der Waals surface area contributed by atoms with Gasteiger partial charge in [0.1, 0.15) is 6.33 Å². The summed E-state index contributed by atoms with van der Waals surface area (Å²) in [6.07, 6.45) is 1.72. The Kier molecular flexibility index (Phi) is 6.09. The Morgan fingerprint density at radius 1 is 0.966 bits per heavy atom. The molecule has 4 aromatic rings. The molecule has 0 aliphatic rings. The predicted molar refractivity (Wildman–Crippen MR) is 108 cm³/mol. The zero-order valence-corrected chi connectivity index (χ0v) is 19.0. The average molecular weight is 563 g/mol. The van der Waals surface area contributed by atoms with Gasteiger partial charge in [0.25, 0.3) is 0 Å². The molecule has 6 heteroatoms. The van der Waals surface area contributed by atoms with Crippen molar-refractivity contribution < 1.29 is 21.1 Å². The Labute approximate surface area is 185 Å². The third-order valence-corrected chi connectivity index (χ3v) is 4.77. The summed E-state index contributed by atoms with van der Waals surface area (Å²) in [6.45, 7) is 8.11. The summed E-state index contributed by atoms with van der Waals surface area (Å²) in [7, 11) is 0. The average Bonchev–Trinajstić information content (AvgIpc) is 3.20. The van der Waals surface area contributed by atoms with Crippen LogP contribution in [0.25, 0.3) is 16.9 Å². The Balaban J connectivity index is 0.00000240. The Bertz CT molecular complexity index is 1120. The summed E-state index contributed by atoms with van der Waals surface area (Å²) < 4.78 is 1.74. The third-order valence-electron chi connectivity index (χ3n) is 4.77. The molecule has 0 unspecified atom stereocenters. The van der Waals surface area contributed by atoms with E-state index in [0.29, 0.717) is 5.82 Å². The van der Waals surface area contributed by atoms with Crippen molar-refractivity contribution in [3.63, 3.8) is 0 Å². The van der Waals surface area contributed by atoms with Gasteiger partial charge in [0.2, 0.25) is 0 Å². The Morgan fingerprint density at radius 3 is 2.52 bits per heavy atom. The smallest absolute Gasteiger partial charge is 0.354 e. The molecule has 3 heterocycles. The quantitative estimate of drug-likeness (QED) is 0.349. The maximum absolute atomic E-state index is 4.90. The van der Waals surface area contributed by atoms with Crippen molar-refractivity contribution in [2.75, 3.05) is 0 Å². The number of nitrogens with zero attached hydrogens (tertiary/aromatic N) is 5. The molecule has 4 rings (SSSR count). The molecule has 0 saturated carbocycles. The molecule has 0 bridgehead atoms. The fourth-order valence-electron chi connectivity index (χ4n) is 3.12. The largest absolute Gasteiger partial charge is 2.00 e. The second kappa shape index (κ2) is 8.38. The number of rotatable bonds is 4. The molecule has 0 spiro atoms. The van der Waals surface area contributed by atoms with Gasteiger partial charge in [0, 0.05) is 5.69 Å². The summed E-state index contributed by atoms with van der Waals surface area (Å²) >= 11 is 0. The monoisotopic (exact) mass is 562 g/mol. The normalized spacial score (nSPS) is 11.2. The Hall–Kier alpha value is -2.65. The second-order valence-electron chi connectivity index (χ2n) is 7.30. The van der Waals surface area contributed by atoms with Crippen LogP contribution in [0.2, 0.25) is 0 Å². The van der Waals surface area contributed by atoms with Crippen molar-refractivity contribution in [2.24, 2.45) is 0 Å². The SMILES string of the molecule is Cc1c[c-]c(-c2cccc(C(C)(C)c3ncn(-c4[c-]cccc4)n3)n2)c(C)n1.[Pt+2]. The van der Waals surface area contributed by atoms with E-state index in [1.165, 1.54) is 0 Å². The molecule has 0 radical (unpaired) electrons. The van der Waals surface area contributed by atoms with Crippen LogP contribution in [-0.2, 0) is 26.5 Å². The second-order valence-corrected chi connectivity index (χ2v) is 7.30. The van der Waals surface area contributed by atoms with Crippen molar-refractivity contribution in [2.45, 2.75) is 33.1 Å². The van der Waals surface area contributed by atoms with Crippen molar-refractivity contribution in [1.82, 2.24) is 24.7 Å². The molecular formula is C23H21N5Pt.